The van der Waals surface area contributed by atoms with Gasteiger partial charge in [0, 0.05) is 24.2 Å². The Morgan fingerprint density at radius 1 is 1.50 bits per heavy atom. The van der Waals surface area contributed by atoms with Crippen LogP contribution in [0, 0.1) is 0 Å². The van der Waals surface area contributed by atoms with E-state index in [1.54, 1.807) is 23.1 Å². The van der Waals surface area contributed by atoms with Gasteiger partial charge in [-0.15, -0.1) is 0 Å². The van der Waals surface area contributed by atoms with Crippen molar-refractivity contribution in [2.24, 2.45) is 12.8 Å². The number of nitrogens with two attached hydrogens (primary N) is 1. The Balaban J connectivity index is 2.30. The zero-order chi connectivity index (χ0) is 11.5. The first-order valence-electron chi connectivity index (χ1n) is 4.84. The molecule has 2 aromatic rings. The molecular formula is C11H12ClN3O. The summed E-state index contributed by atoms with van der Waals surface area (Å²) in [4.78, 5) is 0. The topological polar surface area (TPSA) is 53.1 Å². The lowest BCUT2D eigenvalue weighted by atomic mass is 10.2. The molecule has 0 bridgehead atoms. The average Bonchev–Trinajstić information content (AvgIpc) is 2.64. The Kier molecular flexibility index (Phi) is 3.12. The second-order valence-electron chi connectivity index (χ2n) is 3.37. The van der Waals surface area contributed by atoms with Crippen molar-refractivity contribution in [2.75, 3.05) is 0 Å². The van der Waals surface area contributed by atoms with Gasteiger partial charge in [0.05, 0.1) is 12.4 Å². The third kappa shape index (κ3) is 2.18. The van der Waals surface area contributed by atoms with Crippen LogP contribution in [0.1, 0.15) is 5.56 Å². The number of hydrogen-bond acceptors (Lipinski definition) is 3. The summed E-state index contributed by atoms with van der Waals surface area (Å²) in [6.07, 6.45) is 3.42. The number of halogens is 1. The van der Waals surface area contributed by atoms with Gasteiger partial charge in [0.2, 0.25) is 0 Å². The molecular weight excluding hydrogens is 226 g/mol. The van der Waals surface area contributed by atoms with Crippen molar-refractivity contribution in [3.05, 3.63) is 41.2 Å². The van der Waals surface area contributed by atoms with E-state index in [9.17, 15) is 0 Å². The minimum atomic E-state index is 0.343. The number of ether oxygens (including phenoxy) is 1. The standard InChI is InChI=1S/C11H12ClN3O/c1-15-7-8(6-14-15)16-11-4-2-3-10(12)9(11)5-13/h2-4,6-7H,5,13H2,1H3. The fourth-order valence-corrected chi connectivity index (χ4v) is 1.65. The van der Waals surface area contributed by atoms with E-state index in [1.807, 2.05) is 19.2 Å². The molecule has 2 rings (SSSR count). The molecule has 0 radical (unpaired) electrons. The summed E-state index contributed by atoms with van der Waals surface area (Å²) in [5.41, 5.74) is 6.42. The van der Waals surface area contributed by atoms with Gasteiger partial charge < -0.3 is 10.5 Å². The van der Waals surface area contributed by atoms with Gasteiger partial charge in [0.15, 0.2) is 5.75 Å². The first-order valence-corrected chi connectivity index (χ1v) is 5.22. The minimum absolute atomic E-state index is 0.343. The quantitative estimate of drug-likeness (QED) is 0.892. The van der Waals surface area contributed by atoms with Gasteiger partial charge in [0.1, 0.15) is 5.75 Å². The summed E-state index contributed by atoms with van der Waals surface area (Å²) >= 11 is 6.02. The predicted octanol–water partition coefficient (Wildman–Crippen LogP) is 2.32. The van der Waals surface area contributed by atoms with Crippen LogP contribution >= 0.6 is 11.6 Å². The fraction of sp³-hybridized carbons (Fsp3) is 0.182. The molecule has 0 aliphatic heterocycles. The smallest absolute Gasteiger partial charge is 0.165 e. The highest BCUT2D eigenvalue weighted by Crippen LogP contribution is 2.29. The zero-order valence-electron chi connectivity index (χ0n) is 8.85. The van der Waals surface area contributed by atoms with Crippen LogP contribution in [0.5, 0.6) is 11.5 Å². The normalized spacial score (nSPS) is 10.4. The molecule has 0 atom stereocenters. The van der Waals surface area contributed by atoms with E-state index < -0.39 is 0 Å². The molecule has 0 aliphatic rings. The first-order chi connectivity index (χ1) is 7.70. The molecule has 0 saturated carbocycles. The molecule has 0 unspecified atom stereocenters. The maximum atomic E-state index is 6.02. The highest BCUT2D eigenvalue weighted by molar-refractivity contribution is 6.31. The summed E-state index contributed by atoms with van der Waals surface area (Å²) in [6, 6.07) is 5.45. The number of benzene rings is 1. The maximum absolute atomic E-state index is 6.02. The zero-order valence-corrected chi connectivity index (χ0v) is 9.61. The van der Waals surface area contributed by atoms with E-state index in [1.165, 1.54) is 0 Å². The van der Waals surface area contributed by atoms with Crippen LogP contribution in [0.4, 0.5) is 0 Å². The van der Waals surface area contributed by atoms with Gasteiger partial charge in [-0.1, -0.05) is 17.7 Å². The molecule has 16 heavy (non-hydrogen) atoms. The van der Waals surface area contributed by atoms with Crippen LogP contribution in [0.15, 0.2) is 30.6 Å². The molecule has 4 nitrogen and oxygen atoms in total. The van der Waals surface area contributed by atoms with Gasteiger partial charge in [-0.2, -0.15) is 5.10 Å². The van der Waals surface area contributed by atoms with Crippen LogP contribution in [0.25, 0.3) is 0 Å². The number of aromatic nitrogens is 2. The molecule has 5 heteroatoms. The van der Waals surface area contributed by atoms with E-state index in [0.717, 1.165) is 5.56 Å². The molecule has 0 saturated heterocycles. The number of hydrogen-bond donors (Lipinski definition) is 1. The summed E-state index contributed by atoms with van der Waals surface area (Å²) in [5, 5.41) is 4.63. The Labute approximate surface area is 98.6 Å². The van der Waals surface area contributed by atoms with Crippen molar-refractivity contribution in [1.29, 1.82) is 0 Å². The van der Waals surface area contributed by atoms with E-state index >= 15 is 0 Å². The van der Waals surface area contributed by atoms with Crippen molar-refractivity contribution < 1.29 is 4.74 Å². The average molecular weight is 238 g/mol. The Morgan fingerprint density at radius 2 is 2.31 bits per heavy atom. The van der Waals surface area contributed by atoms with Crippen LogP contribution in [0.2, 0.25) is 5.02 Å². The van der Waals surface area contributed by atoms with Crippen LogP contribution in [0.3, 0.4) is 0 Å². The van der Waals surface area contributed by atoms with E-state index in [2.05, 4.69) is 5.10 Å². The number of rotatable bonds is 3. The SMILES string of the molecule is Cn1cc(Oc2cccc(Cl)c2CN)cn1. The lowest BCUT2D eigenvalue weighted by molar-refractivity contribution is 0.476. The summed E-state index contributed by atoms with van der Waals surface area (Å²) in [6.45, 7) is 0.343. The van der Waals surface area contributed by atoms with Crippen molar-refractivity contribution in [3.63, 3.8) is 0 Å². The van der Waals surface area contributed by atoms with Crippen LogP contribution in [-0.2, 0) is 13.6 Å². The molecule has 1 aromatic heterocycles. The maximum Gasteiger partial charge on any atom is 0.165 e. The molecule has 1 aromatic carbocycles. The van der Waals surface area contributed by atoms with E-state index in [-0.39, 0.29) is 0 Å². The third-order valence-electron chi connectivity index (χ3n) is 2.19. The Hall–Kier alpha value is -1.52. The van der Waals surface area contributed by atoms with Gasteiger partial charge in [-0.05, 0) is 12.1 Å². The number of nitrogens with zero attached hydrogens (tertiary/aromatic N) is 2. The Bertz CT molecular complexity index is 496. The highest BCUT2D eigenvalue weighted by atomic mass is 35.5. The van der Waals surface area contributed by atoms with Crippen molar-refractivity contribution in [2.45, 2.75) is 6.54 Å². The van der Waals surface area contributed by atoms with Crippen molar-refractivity contribution in [1.82, 2.24) is 9.78 Å². The third-order valence-corrected chi connectivity index (χ3v) is 2.54. The lowest BCUT2D eigenvalue weighted by Gasteiger charge is -2.09. The Morgan fingerprint density at radius 3 is 2.94 bits per heavy atom. The van der Waals surface area contributed by atoms with E-state index in [0.29, 0.717) is 23.1 Å². The van der Waals surface area contributed by atoms with Crippen molar-refractivity contribution >= 4 is 11.6 Å². The van der Waals surface area contributed by atoms with Gasteiger partial charge in [-0.3, -0.25) is 4.68 Å². The summed E-state index contributed by atoms with van der Waals surface area (Å²) in [5.74, 6) is 1.34. The monoisotopic (exact) mass is 237 g/mol. The summed E-state index contributed by atoms with van der Waals surface area (Å²) in [7, 11) is 1.83. The van der Waals surface area contributed by atoms with E-state index in [4.69, 9.17) is 22.1 Å². The molecule has 0 spiro atoms. The summed E-state index contributed by atoms with van der Waals surface area (Å²) < 4.78 is 7.32. The molecule has 0 aliphatic carbocycles. The number of aryl methyl sites for hydroxylation is 1. The second kappa shape index (κ2) is 4.55. The minimum Gasteiger partial charge on any atom is -0.454 e. The molecule has 84 valence electrons. The molecule has 0 amide bonds. The van der Waals surface area contributed by atoms with Crippen LogP contribution in [-0.4, -0.2) is 9.78 Å². The second-order valence-corrected chi connectivity index (χ2v) is 3.78. The molecule has 0 fully saturated rings. The highest BCUT2D eigenvalue weighted by Gasteiger charge is 2.08. The van der Waals surface area contributed by atoms with Crippen molar-refractivity contribution in [3.8, 4) is 11.5 Å². The first kappa shape index (κ1) is 11.0. The van der Waals surface area contributed by atoms with Gasteiger partial charge in [0.25, 0.3) is 0 Å². The molecule has 1 heterocycles. The predicted molar refractivity (Wildman–Crippen MR) is 62.6 cm³/mol. The van der Waals surface area contributed by atoms with Gasteiger partial charge in [-0.25, -0.2) is 0 Å². The largest absolute Gasteiger partial charge is 0.454 e. The van der Waals surface area contributed by atoms with Gasteiger partial charge >= 0.3 is 0 Å². The van der Waals surface area contributed by atoms with Crippen LogP contribution < -0.4 is 10.5 Å². The lowest BCUT2D eigenvalue weighted by Crippen LogP contribution is -2.00. The fourth-order valence-electron chi connectivity index (χ4n) is 1.41. The molecule has 2 N–H and O–H groups in total.